The van der Waals surface area contributed by atoms with Gasteiger partial charge in [-0.15, -0.1) is 0 Å². The highest BCUT2D eigenvalue weighted by molar-refractivity contribution is 5.44. The summed E-state index contributed by atoms with van der Waals surface area (Å²) in [4.78, 5) is 3.94. The van der Waals surface area contributed by atoms with Gasteiger partial charge >= 0.3 is 0 Å². The van der Waals surface area contributed by atoms with Crippen molar-refractivity contribution < 1.29 is 9.50 Å². The fourth-order valence-electron chi connectivity index (χ4n) is 1.84. The summed E-state index contributed by atoms with van der Waals surface area (Å²) in [5.41, 5.74) is 1.67. The van der Waals surface area contributed by atoms with Crippen LogP contribution in [0.15, 0.2) is 42.6 Å². The van der Waals surface area contributed by atoms with Crippen LogP contribution < -0.4 is 5.32 Å². The number of aromatic nitrogens is 1. The Bertz CT molecular complexity index is 605. The maximum atomic E-state index is 12.8. The Morgan fingerprint density at radius 3 is 2.50 bits per heavy atom. The lowest BCUT2D eigenvalue weighted by atomic mass is 10.0. The molecule has 0 bridgehead atoms. The third kappa shape index (κ3) is 3.31. The Labute approximate surface area is 116 Å². The Balaban J connectivity index is 2.05. The highest BCUT2D eigenvalue weighted by Crippen LogP contribution is 2.20. The zero-order valence-electron chi connectivity index (χ0n) is 10.9. The van der Waals surface area contributed by atoms with E-state index in [1.807, 2.05) is 13.0 Å². The zero-order valence-corrected chi connectivity index (χ0v) is 10.9. The number of anilines is 1. The Kier molecular flexibility index (Phi) is 4.28. The minimum atomic E-state index is -0.772. The molecule has 5 heteroatoms. The highest BCUT2D eigenvalue weighted by atomic mass is 19.1. The van der Waals surface area contributed by atoms with Crippen molar-refractivity contribution in [2.75, 3.05) is 5.32 Å². The van der Waals surface area contributed by atoms with Crippen LogP contribution in [0.3, 0.4) is 0 Å². The first-order valence-corrected chi connectivity index (χ1v) is 6.16. The number of halogens is 1. The van der Waals surface area contributed by atoms with Gasteiger partial charge < -0.3 is 10.4 Å². The van der Waals surface area contributed by atoms with Crippen LogP contribution in [0.4, 0.5) is 10.1 Å². The van der Waals surface area contributed by atoms with Gasteiger partial charge in [0.15, 0.2) is 0 Å². The second-order valence-corrected chi connectivity index (χ2v) is 4.47. The molecule has 0 amide bonds. The average molecular weight is 271 g/mol. The second-order valence-electron chi connectivity index (χ2n) is 4.47. The lowest BCUT2D eigenvalue weighted by Crippen LogP contribution is -2.24. The van der Waals surface area contributed by atoms with Crippen molar-refractivity contribution >= 4 is 5.69 Å². The summed E-state index contributed by atoms with van der Waals surface area (Å²) >= 11 is 0. The van der Waals surface area contributed by atoms with E-state index in [1.165, 1.54) is 18.3 Å². The molecular weight excluding hydrogens is 257 g/mol. The number of hydrogen-bond donors (Lipinski definition) is 2. The van der Waals surface area contributed by atoms with E-state index in [0.29, 0.717) is 16.9 Å². The van der Waals surface area contributed by atoms with Gasteiger partial charge in [-0.05, 0) is 36.8 Å². The van der Waals surface area contributed by atoms with Gasteiger partial charge in [-0.1, -0.05) is 12.1 Å². The van der Waals surface area contributed by atoms with Crippen molar-refractivity contribution in [3.05, 3.63) is 59.7 Å². The smallest absolute Gasteiger partial charge is 0.140 e. The molecule has 0 saturated carbocycles. The topological polar surface area (TPSA) is 68.9 Å². The summed E-state index contributed by atoms with van der Waals surface area (Å²) in [6, 6.07) is 10.7. The van der Waals surface area contributed by atoms with E-state index >= 15 is 0 Å². The number of hydrogen-bond acceptors (Lipinski definition) is 4. The van der Waals surface area contributed by atoms with Crippen molar-refractivity contribution in [3.63, 3.8) is 0 Å². The number of benzene rings is 1. The number of aliphatic hydroxyl groups is 1. The predicted molar refractivity (Wildman–Crippen MR) is 73.4 cm³/mol. The quantitative estimate of drug-likeness (QED) is 0.897. The Morgan fingerprint density at radius 1 is 1.25 bits per heavy atom. The van der Waals surface area contributed by atoms with E-state index in [4.69, 9.17) is 5.26 Å². The maximum absolute atomic E-state index is 12.8. The normalized spacial score (nSPS) is 13.3. The molecule has 20 heavy (non-hydrogen) atoms. The van der Waals surface area contributed by atoms with E-state index in [1.54, 1.807) is 24.3 Å². The molecule has 1 aromatic heterocycles. The molecular formula is C15H14FN3O. The molecule has 2 rings (SSSR count). The molecule has 102 valence electrons. The minimum absolute atomic E-state index is 0.282. The number of nitrogens with zero attached hydrogens (tertiary/aromatic N) is 2. The van der Waals surface area contributed by atoms with Crippen LogP contribution in [-0.4, -0.2) is 16.1 Å². The van der Waals surface area contributed by atoms with Crippen LogP contribution in [0.1, 0.15) is 24.3 Å². The Morgan fingerprint density at radius 2 is 1.95 bits per heavy atom. The van der Waals surface area contributed by atoms with Crippen LogP contribution in [0.2, 0.25) is 0 Å². The lowest BCUT2D eigenvalue weighted by molar-refractivity contribution is 0.160. The SMILES string of the molecule is CC(Nc1ccc(C#N)nc1)C(O)c1ccc(F)cc1. The van der Waals surface area contributed by atoms with Crippen molar-refractivity contribution in [1.82, 2.24) is 4.98 Å². The first kappa shape index (κ1) is 14.0. The number of nitrogens with one attached hydrogen (secondary N) is 1. The standard InChI is InChI=1S/C15H14FN3O/c1-10(15(20)11-2-4-12(16)5-3-11)19-14-7-6-13(8-17)18-9-14/h2-7,9-10,15,19-20H,1H3. The average Bonchev–Trinajstić information content (AvgIpc) is 2.48. The van der Waals surface area contributed by atoms with Gasteiger partial charge in [-0.3, -0.25) is 0 Å². The molecule has 0 fully saturated rings. The molecule has 2 aromatic rings. The van der Waals surface area contributed by atoms with Crippen molar-refractivity contribution in [2.24, 2.45) is 0 Å². The van der Waals surface area contributed by atoms with Gasteiger partial charge in [0.1, 0.15) is 17.6 Å². The summed E-state index contributed by atoms with van der Waals surface area (Å²) in [7, 11) is 0. The van der Waals surface area contributed by atoms with Gasteiger partial charge in [0.25, 0.3) is 0 Å². The van der Waals surface area contributed by atoms with E-state index in [9.17, 15) is 9.50 Å². The van der Waals surface area contributed by atoms with Crippen LogP contribution in [0, 0.1) is 17.1 Å². The summed E-state index contributed by atoms with van der Waals surface area (Å²) in [6.07, 6.45) is 0.762. The molecule has 0 aliphatic heterocycles. The molecule has 0 saturated heterocycles. The zero-order chi connectivity index (χ0) is 14.5. The molecule has 1 heterocycles. The van der Waals surface area contributed by atoms with E-state index in [2.05, 4.69) is 10.3 Å². The molecule has 4 nitrogen and oxygen atoms in total. The molecule has 2 atom stereocenters. The molecule has 2 N–H and O–H groups in total. The van der Waals surface area contributed by atoms with Gasteiger partial charge in [-0.25, -0.2) is 9.37 Å². The number of pyridine rings is 1. The molecule has 0 aliphatic carbocycles. The molecule has 0 spiro atoms. The summed E-state index contributed by atoms with van der Waals surface area (Å²) in [6.45, 7) is 1.81. The van der Waals surface area contributed by atoms with Gasteiger partial charge in [-0.2, -0.15) is 5.26 Å². The van der Waals surface area contributed by atoms with Crippen molar-refractivity contribution in [1.29, 1.82) is 5.26 Å². The van der Waals surface area contributed by atoms with E-state index in [0.717, 1.165) is 0 Å². The van der Waals surface area contributed by atoms with Gasteiger partial charge in [0.05, 0.1) is 24.0 Å². The van der Waals surface area contributed by atoms with Gasteiger partial charge in [0.2, 0.25) is 0 Å². The predicted octanol–water partition coefficient (Wildman–Crippen LogP) is 2.63. The maximum Gasteiger partial charge on any atom is 0.140 e. The second kappa shape index (κ2) is 6.13. The van der Waals surface area contributed by atoms with Crippen LogP contribution >= 0.6 is 0 Å². The summed E-state index contributed by atoms with van der Waals surface area (Å²) in [5.74, 6) is -0.335. The monoisotopic (exact) mass is 271 g/mol. The fraction of sp³-hybridized carbons (Fsp3) is 0.200. The van der Waals surface area contributed by atoms with Crippen LogP contribution in [0.5, 0.6) is 0 Å². The molecule has 0 radical (unpaired) electrons. The van der Waals surface area contributed by atoms with Crippen LogP contribution in [0.25, 0.3) is 0 Å². The van der Waals surface area contributed by atoms with E-state index < -0.39 is 6.10 Å². The number of nitriles is 1. The highest BCUT2D eigenvalue weighted by Gasteiger charge is 2.16. The van der Waals surface area contributed by atoms with Gasteiger partial charge in [0, 0.05) is 0 Å². The van der Waals surface area contributed by atoms with Crippen molar-refractivity contribution in [2.45, 2.75) is 19.1 Å². The first-order chi connectivity index (χ1) is 9.60. The summed E-state index contributed by atoms with van der Waals surface area (Å²) in [5, 5.41) is 21.9. The lowest BCUT2D eigenvalue weighted by Gasteiger charge is -2.21. The minimum Gasteiger partial charge on any atom is -0.386 e. The Hall–Kier alpha value is -2.45. The largest absolute Gasteiger partial charge is 0.386 e. The number of aliphatic hydroxyl groups excluding tert-OH is 1. The third-order valence-electron chi connectivity index (χ3n) is 2.96. The fourth-order valence-corrected chi connectivity index (χ4v) is 1.84. The summed E-state index contributed by atoms with van der Waals surface area (Å²) < 4.78 is 12.8. The van der Waals surface area contributed by atoms with E-state index in [-0.39, 0.29) is 11.9 Å². The van der Waals surface area contributed by atoms with Crippen LogP contribution in [-0.2, 0) is 0 Å². The first-order valence-electron chi connectivity index (χ1n) is 6.16. The van der Waals surface area contributed by atoms with Crippen molar-refractivity contribution in [3.8, 4) is 6.07 Å². The third-order valence-corrected chi connectivity index (χ3v) is 2.96. The molecule has 0 aliphatic rings. The molecule has 1 aromatic carbocycles. The number of rotatable bonds is 4. The molecule has 2 unspecified atom stereocenters.